The molecule has 0 radical (unpaired) electrons. The van der Waals surface area contributed by atoms with E-state index in [9.17, 15) is 5.11 Å². The van der Waals surface area contributed by atoms with Crippen molar-refractivity contribution in [3.05, 3.63) is 22.3 Å². The summed E-state index contributed by atoms with van der Waals surface area (Å²) in [6.07, 6.45) is 2.11. The van der Waals surface area contributed by atoms with Crippen LogP contribution in [0.3, 0.4) is 0 Å². The van der Waals surface area contributed by atoms with E-state index in [2.05, 4.69) is 26.2 Å². The number of nitrogens with one attached hydrogen (secondary N) is 1. The van der Waals surface area contributed by atoms with Crippen LogP contribution < -0.4 is 5.32 Å². The minimum atomic E-state index is -0.385. The molecule has 0 aromatic carbocycles. The largest absolute Gasteiger partial charge is 0.378 e. The normalized spacial score (nSPS) is 22.5. The zero-order valence-electron chi connectivity index (χ0n) is 8.57. The minimum absolute atomic E-state index is 0.385. The molecule has 2 N–H and O–H groups in total. The van der Waals surface area contributed by atoms with Gasteiger partial charge < -0.3 is 10.4 Å². The lowest BCUT2D eigenvalue weighted by Crippen LogP contribution is -2.34. The van der Waals surface area contributed by atoms with E-state index in [-0.39, 0.29) is 6.23 Å². The number of anilines is 1. The standard InChI is InChI=1S/C10H14BrN3O/c1-14-6-7-4-8(11)5-13-10(7)12-3-2-9(14)15/h4-5,9,15H,2-3,6H2,1H3,(H,12,13). The van der Waals surface area contributed by atoms with Gasteiger partial charge in [0.1, 0.15) is 12.0 Å². The van der Waals surface area contributed by atoms with Crippen LogP contribution in [0.25, 0.3) is 0 Å². The average molecular weight is 272 g/mol. The van der Waals surface area contributed by atoms with E-state index in [0.717, 1.165) is 22.4 Å². The molecule has 82 valence electrons. The molecule has 0 bridgehead atoms. The summed E-state index contributed by atoms with van der Waals surface area (Å²) < 4.78 is 0.964. The molecule has 0 saturated carbocycles. The highest BCUT2D eigenvalue weighted by Gasteiger charge is 2.17. The topological polar surface area (TPSA) is 48.4 Å². The molecule has 0 fully saturated rings. The molecule has 1 unspecified atom stereocenters. The Morgan fingerprint density at radius 2 is 2.47 bits per heavy atom. The Labute approximate surface area is 97.4 Å². The SMILES string of the molecule is CN1Cc2cc(Br)cnc2NCCC1O. The fraction of sp³-hybridized carbons (Fsp3) is 0.500. The van der Waals surface area contributed by atoms with Gasteiger partial charge in [-0.15, -0.1) is 0 Å². The maximum atomic E-state index is 9.73. The highest BCUT2D eigenvalue weighted by Crippen LogP contribution is 2.21. The summed E-state index contributed by atoms with van der Waals surface area (Å²) in [5, 5.41) is 13.0. The predicted molar refractivity (Wildman–Crippen MR) is 62.5 cm³/mol. The van der Waals surface area contributed by atoms with Crippen molar-refractivity contribution in [1.29, 1.82) is 0 Å². The number of hydrogen-bond donors (Lipinski definition) is 2. The third-order valence-electron chi connectivity index (χ3n) is 2.56. The summed E-state index contributed by atoms with van der Waals surface area (Å²) in [7, 11) is 1.92. The van der Waals surface area contributed by atoms with Crippen LogP contribution in [0.5, 0.6) is 0 Å². The van der Waals surface area contributed by atoms with Crippen LogP contribution in [0.1, 0.15) is 12.0 Å². The quantitative estimate of drug-likeness (QED) is 0.749. The summed E-state index contributed by atoms with van der Waals surface area (Å²) >= 11 is 3.40. The van der Waals surface area contributed by atoms with Crippen LogP contribution in [0.15, 0.2) is 16.7 Å². The highest BCUT2D eigenvalue weighted by atomic mass is 79.9. The molecule has 2 heterocycles. The Balaban J connectivity index is 2.29. The molecule has 2 rings (SSSR count). The lowest BCUT2D eigenvalue weighted by atomic mass is 10.2. The lowest BCUT2D eigenvalue weighted by Gasteiger charge is -2.27. The molecule has 0 saturated heterocycles. The van der Waals surface area contributed by atoms with Gasteiger partial charge in [-0.25, -0.2) is 4.98 Å². The summed E-state index contributed by atoms with van der Waals surface area (Å²) in [5.41, 5.74) is 1.10. The monoisotopic (exact) mass is 271 g/mol. The zero-order valence-corrected chi connectivity index (χ0v) is 10.2. The van der Waals surface area contributed by atoms with Crippen molar-refractivity contribution in [2.75, 3.05) is 18.9 Å². The van der Waals surface area contributed by atoms with E-state index >= 15 is 0 Å². The second-order valence-corrected chi connectivity index (χ2v) is 4.69. The van der Waals surface area contributed by atoms with Gasteiger partial charge in [0, 0.05) is 35.7 Å². The summed E-state index contributed by atoms with van der Waals surface area (Å²) in [4.78, 5) is 6.24. The van der Waals surface area contributed by atoms with Gasteiger partial charge in [0.15, 0.2) is 0 Å². The van der Waals surface area contributed by atoms with Gasteiger partial charge in [-0.05, 0) is 29.0 Å². The molecular weight excluding hydrogens is 258 g/mol. The first kappa shape index (κ1) is 10.9. The number of aliphatic hydroxyl groups is 1. The van der Waals surface area contributed by atoms with E-state index in [1.807, 2.05) is 18.0 Å². The van der Waals surface area contributed by atoms with Crippen molar-refractivity contribution in [3.63, 3.8) is 0 Å². The van der Waals surface area contributed by atoms with Crippen molar-refractivity contribution in [2.24, 2.45) is 0 Å². The number of nitrogens with zero attached hydrogens (tertiary/aromatic N) is 2. The van der Waals surface area contributed by atoms with Crippen molar-refractivity contribution >= 4 is 21.7 Å². The number of hydrogen-bond acceptors (Lipinski definition) is 4. The molecule has 0 spiro atoms. The number of aliphatic hydroxyl groups excluding tert-OH is 1. The third kappa shape index (κ3) is 2.48. The first-order valence-electron chi connectivity index (χ1n) is 4.93. The van der Waals surface area contributed by atoms with Gasteiger partial charge in [-0.2, -0.15) is 0 Å². The van der Waals surface area contributed by atoms with Gasteiger partial charge in [0.2, 0.25) is 0 Å². The first-order chi connectivity index (χ1) is 7.16. The molecule has 1 aliphatic heterocycles. The highest BCUT2D eigenvalue weighted by molar-refractivity contribution is 9.10. The fourth-order valence-corrected chi connectivity index (χ4v) is 2.05. The molecule has 4 nitrogen and oxygen atoms in total. The molecule has 5 heteroatoms. The van der Waals surface area contributed by atoms with Gasteiger partial charge in [0.25, 0.3) is 0 Å². The lowest BCUT2D eigenvalue weighted by molar-refractivity contribution is 0.0121. The molecule has 1 aromatic rings. The molecule has 1 aromatic heterocycles. The van der Waals surface area contributed by atoms with Gasteiger partial charge in [0.05, 0.1) is 0 Å². The number of fused-ring (bicyclic) bond motifs is 1. The smallest absolute Gasteiger partial charge is 0.130 e. The first-order valence-corrected chi connectivity index (χ1v) is 5.73. The van der Waals surface area contributed by atoms with Crippen molar-refractivity contribution in [2.45, 2.75) is 19.2 Å². The predicted octanol–water partition coefficient (Wildman–Crippen LogP) is 1.41. The van der Waals surface area contributed by atoms with Gasteiger partial charge >= 0.3 is 0 Å². The Hall–Kier alpha value is -0.650. The number of halogens is 1. The van der Waals surface area contributed by atoms with Gasteiger partial charge in [-0.3, -0.25) is 4.90 Å². The fourth-order valence-electron chi connectivity index (χ4n) is 1.68. The Kier molecular flexibility index (Phi) is 3.23. The van der Waals surface area contributed by atoms with E-state index in [4.69, 9.17) is 0 Å². The van der Waals surface area contributed by atoms with Crippen LogP contribution in [0.4, 0.5) is 5.82 Å². The molecular formula is C10H14BrN3O. The molecule has 0 aliphatic carbocycles. The van der Waals surface area contributed by atoms with E-state index in [1.165, 1.54) is 0 Å². The van der Waals surface area contributed by atoms with Crippen LogP contribution in [-0.4, -0.2) is 34.8 Å². The second-order valence-electron chi connectivity index (χ2n) is 3.77. The Morgan fingerprint density at radius 3 is 3.27 bits per heavy atom. The number of rotatable bonds is 0. The van der Waals surface area contributed by atoms with Crippen LogP contribution in [0.2, 0.25) is 0 Å². The summed E-state index contributed by atoms with van der Waals surface area (Å²) in [5.74, 6) is 0.914. The van der Waals surface area contributed by atoms with Crippen molar-refractivity contribution in [3.8, 4) is 0 Å². The van der Waals surface area contributed by atoms with Crippen LogP contribution in [-0.2, 0) is 6.54 Å². The van der Waals surface area contributed by atoms with E-state index in [1.54, 1.807) is 6.20 Å². The van der Waals surface area contributed by atoms with Crippen LogP contribution in [0, 0.1) is 0 Å². The molecule has 1 atom stereocenters. The number of pyridine rings is 1. The van der Waals surface area contributed by atoms with Crippen LogP contribution >= 0.6 is 15.9 Å². The van der Waals surface area contributed by atoms with Crippen molar-refractivity contribution < 1.29 is 5.11 Å². The third-order valence-corrected chi connectivity index (χ3v) is 2.99. The number of aromatic nitrogens is 1. The van der Waals surface area contributed by atoms with Gasteiger partial charge in [-0.1, -0.05) is 0 Å². The van der Waals surface area contributed by atoms with E-state index in [0.29, 0.717) is 13.0 Å². The minimum Gasteiger partial charge on any atom is -0.378 e. The maximum Gasteiger partial charge on any atom is 0.130 e. The molecule has 1 aliphatic rings. The average Bonchev–Trinajstić information content (AvgIpc) is 2.19. The summed E-state index contributed by atoms with van der Waals surface area (Å²) in [6.45, 7) is 1.45. The summed E-state index contributed by atoms with van der Waals surface area (Å²) in [6, 6.07) is 2.03. The Morgan fingerprint density at radius 1 is 1.67 bits per heavy atom. The maximum absolute atomic E-state index is 9.73. The molecule has 0 amide bonds. The zero-order chi connectivity index (χ0) is 10.8. The van der Waals surface area contributed by atoms with E-state index < -0.39 is 0 Å². The second kappa shape index (κ2) is 4.47. The molecule has 15 heavy (non-hydrogen) atoms. The van der Waals surface area contributed by atoms with Crippen molar-refractivity contribution in [1.82, 2.24) is 9.88 Å². The Bertz CT molecular complexity index is 359.